The summed E-state index contributed by atoms with van der Waals surface area (Å²) >= 11 is 0. The largest absolute Gasteiger partial charge is 0.415 e. The van der Waals surface area contributed by atoms with E-state index in [-0.39, 0.29) is 40.5 Å². The predicted octanol–water partition coefficient (Wildman–Crippen LogP) is 4.11. The number of non-ortho nitro benzene ring substituents is 1. The van der Waals surface area contributed by atoms with Crippen molar-refractivity contribution in [2.45, 2.75) is 68.7 Å². The van der Waals surface area contributed by atoms with Crippen LogP contribution in [-0.4, -0.2) is 57.2 Å². The zero-order valence-corrected chi connectivity index (χ0v) is 23.5. The first kappa shape index (κ1) is 28.0. The third-order valence-corrected chi connectivity index (χ3v) is 13.2. The Morgan fingerprint density at radius 2 is 1.72 bits per heavy atom. The van der Waals surface area contributed by atoms with Crippen LogP contribution in [0.3, 0.4) is 0 Å². The maximum atomic E-state index is 13.6. The van der Waals surface area contributed by atoms with Gasteiger partial charge in [0, 0.05) is 25.1 Å². The molecule has 11 heteroatoms. The van der Waals surface area contributed by atoms with Crippen LogP contribution in [0, 0.1) is 10.1 Å². The summed E-state index contributed by atoms with van der Waals surface area (Å²) in [6.45, 7) is 13.2. The summed E-state index contributed by atoms with van der Waals surface area (Å²) in [4.78, 5) is 25.4. The highest BCUT2D eigenvalue weighted by Crippen LogP contribution is 2.37. The molecule has 0 spiro atoms. The Kier molecular flexibility index (Phi) is 7.80. The lowest BCUT2D eigenvalue weighted by Crippen LogP contribution is -2.77. The normalized spacial score (nSPS) is 19.6. The predicted molar refractivity (Wildman–Crippen MR) is 141 cm³/mol. The second-order valence-electron chi connectivity index (χ2n) is 11.0. The van der Waals surface area contributed by atoms with Crippen molar-refractivity contribution < 1.29 is 22.6 Å². The van der Waals surface area contributed by atoms with Crippen molar-refractivity contribution in [2.75, 3.05) is 13.2 Å². The molecule has 9 nitrogen and oxygen atoms in total. The summed E-state index contributed by atoms with van der Waals surface area (Å²) in [5, 5.41) is 11.0. The van der Waals surface area contributed by atoms with Gasteiger partial charge in [-0.1, -0.05) is 51.1 Å². The van der Waals surface area contributed by atoms with Crippen LogP contribution < -0.4 is 4.72 Å². The topological polar surface area (TPSA) is 119 Å². The van der Waals surface area contributed by atoms with Crippen molar-refractivity contribution in [1.29, 1.82) is 0 Å². The summed E-state index contributed by atoms with van der Waals surface area (Å²) in [6.07, 6.45) is 0.186. The van der Waals surface area contributed by atoms with Crippen molar-refractivity contribution in [3.05, 3.63) is 70.3 Å². The number of carbonyl (C=O) groups excluding carboxylic acids is 1. The first-order chi connectivity index (χ1) is 16.6. The van der Waals surface area contributed by atoms with E-state index in [1.165, 1.54) is 12.1 Å². The number of carbonyl (C=O) groups is 1. The fourth-order valence-electron chi connectivity index (χ4n) is 3.86. The Balaban J connectivity index is 1.82. The molecule has 0 unspecified atom stereocenters. The van der Waals surface area contributed by atoms with Crippen LogP contribution in [0.1, 0.15) is 33.3 Å². The molecule has 36 heavy (non-hydrogen) atoms. The molecule has 1 amide bonds. The zero-order valence-electron chi connectivity index (χ0n) is 21.6. The molecule has 2 atom stereocenters. The van der Waals surface area contributed by atoms with E-state index < -0.39 is 28.8 Å². The van der Waals surface area contributed by atoms with Gasteiger partial charge in [-0.25, -0.2) is 8.42 Å². The number of amides is 1. The third kappa shape index (κ3) is 5.85. The number of rotatable bonds is 10. The van der Waals surface area contributed by atoms with E-state index in [0.29, 0.717) is 6.61 Å². The van der Waals surface area contributed by atoms with Crippen molar-refractivity contribution in [1.82, 2.24) is 9.62 Å². The zero-order chi connectivity index (χ0) is 26.9. The van der Waals surface area contributed by atoms with Crippen molar-refractivity contribution >= 4 is 29.9 Å². The van der Waals surface area contributed by atoms with Gasteiger partial charge >= 0.3 is 0 Å². The molecular formula is C25H35N3O6SSi. The lowest BCUT2D eigenvalue weighted by atomic mass is 9.82. The van der Waals surface area contributed by atoms with Gasteiger partial charge in [-0.15, -0.1) is 0 Å². The number of hydrogen-bond donors (Lipinski definition) is 1. The maximum Gasteiger partial charge on any atom is 0.269 e. The number of β-lactam (4-membered cyclic amide) rings is 1. The molecule has 1 saturated heterocycles. The van der Waals surface area contributed by atoms with Crippen molar-refractivity contribution in [2.24, 2.45) is 0 Å². The Morgan fingerprint density at radius 3 is 2.22 bits per heavy atom. The summed E-state index contributed by atoms with van der Waals surface area (Å²) in [5.41, 5.74) is -0.746. The molecule has 0 radical (unpaired) electrons. The lowest BCUT2D eigenvalue weighted by molar-refractivity contribution is -0.384. The Hall–Kier alpha value is -2.60. The molecular weight excluding hydrogens is 498 g/mol. The molecule has 0 saturated carbocycles. The maximum absolute atomic E-state index is 13.6. The van der Waals surface area contributed by atoms with Gasteiger partial charge in [-0.3, -0.25) is 14.9 Å². The first-order valence-electron chi connectivity index (χ1n) is 11.9. The Bertz CT molecular complexity index is 1210. The average molecular weight is 534 g/mol. The number of nitro groups is 1. The van der Waals surface area contributed by atoms with Crippen LogP contribution >= 0.6 is 0 Å². The minimum absolute atomic E-state index is 0.0309. The van der Waals surface area contributed by atoms with Gasteiger partial charge in [-0.05, 0) is 42.8 Å². The monoisotopic (exact) mass is 533 g/mol. The third-order valence-electron chi connectivity index (χ3n) is 7.17. The number of nitrogens with zero attached hydrogens (tertiary/aromatic N) is 2. The number of likely N-dealkylation sites (tertiary alicyclic amines) is 1. The van der Waals surface area contributed by atoms with E-state index in [0.717, 1.165) is 17.7 Å². The smallest absolute Gasteiger partial charge is 0.269 e. The van der Waals surface area contributed by atoms with Gasteiger partial charge in [0.05, 0.1) is 22.5 Å². The first-order valence-corrected chi connectivity index (χ1v) is 16.2. The van der Waals surface area contributed by atoms with E-state index >= 15 is 0 Å². The standard InChI is InChI=1S/C25H35N3O6SSi/c1-19(17-34-36(5,6)24(2,3)4)27-18-25(23(27)29,16-20-10-8-7-9-11-20)26-35(32,33)22-14-12-21(13-15-22)28(30)31/h7-15,19,26H,16-18H2,1-6H3/t19-,25+/m0/s1. The van der Waals surface area contributed by atoms with Crippen LogP contribution in [0.25, 0.3) is 0 Å². The van der Waals surface area contributed by atoms with E-state index in [2.05, 4.69) is 38.6 Å². The highest BCUT2D eigenvalue weighted by Gasteiger charge is 2.55. The molecule has 2 aromatic carbocycles. The van der Waals surface area contributed by atoms with Gasteiger partial charge in [-0.2, -0.15) is 4.72 Å². The van der Waals surface area contributed by atoms with Gasteiger partial charge < -0.3 is 9.33 Å². The van der Waals surface area contributed by atoms with E-state index in [1.807, 2.05) is 37.3 Å². The number of sulfonamides is 1. The van der Waals surface area contributed by atoms with E-state index in [1.54, 1.807) is 4.90 Å². The summed E-state index contributed by atoms with van der Waals surface area (Å²) in [7, 11) is -6.14. The molecule has 1 aliphatic heterocycles. The van der Waals surface area contributed by atoms with Crippen molar-refractivity contribution in [3.8, 4) is 0 Å². The van der Waals surface area contributed by atoms with E-state index in [9.17, 15) is 23.3 Å². The Labute approximate surface area is 214 Å². The van der Waals surface area contributed by atoms with Gasteiger partial charge in [0.2, 0.25) is 15.9 Å². The number of hydrogen-bond acceptors (Lipinski definition) is 6. The Morgan fingerprint density at radius 1 is 1.14 bits per heavy atom. The second kappa shape index (κ2) is 10.0. The summed E-state index contributed by atoms with van der Waals surface area (Å²) in [6, 6.07) is 13.6. The van der Waals surface area contributed by atoms with E-state index in [4.69, 9.17) is 4.43 Å². The summed E-state index contributed by atoms with van der Waals surface area (Å²) < 4.78 is 35.4. The van der Waals surface area contributed by atoms with Crippen LogP contribution in [0.4, 0.5) is 5.69 Å². The fourth-order valence-corrected chi connectivity index (χ4v) is 6.30. The molecule has 1 fully saturated rings. The minimum atomic E-state index is -4.12. The molecule has 0 aliphatic carbocycles. The lowest BCUT2D eigenvalue weighted by Gasteiger charge is -2.52. The highest BCUT2D eigenvalue weighted by atomic mass is 32.2. The SMILES string of the molecule is C[C@@H](CO[Si](C)(C)C(C)(C)C)N1C[C@@](Cc2ccccc2)(NS(=O)(=O)c2ccc([N+](=O)[O-])cc2)C1=O. The van der Waals surface area contributed by atoms with Gasteiger partial charge in [0.15, 0.2) is 8.32 Å². The van der Waals surface area contributed by atoms with Gasteiger partial charge in [0.1, 0.15) is 5.54 Å². The van der Waals surface area contributed by atoms with Crippen LogP contribution in [0.2, 0.25) is 18.1 Å². The van der Waals surface area contributed by atoms with Crippen molar-refractivity contribution in [3.63, 3.8) is 0 Å². The quantitative estimate of drug-likeness (QED) is 0.212. The molecule has 3 rings (SSSR count). The molecule has 0 bridgehead atoms. The summed E-state index contributed by atoms with van der Waals surface area (Å²) in [5.74, 6) is -0.317. The molecule has 0 aromatic heterocycles. The average Bonchev–Trinajstić information content (AvgIpc) is 2.80. The van der Waals surface area contributed by atoms with Crippen LogP contribution in [-0.2, 0) is 25.7 Å². The van der Waals surface area contributed by atoms with Crippen LogP contribution in [0.5, 0.6) is 0 Å². The number of benzene rings is 2. The second-order valence-corrected chi connectivity index (χ2v) is 17.4. The van der Waals surface area contributed by atoms with Crippen LogP contribution in [0.15, 0.2) is 59.5 Å². The fraction of sp³-hybridized carbons (Fsp3) is 0.480. The molecule has 1 aliphatic rings. The molecule has 1 heterocycles. The highest BCUT2D eigenvalue weighted by molar-refractivity contribution is 7.89. The number of nitro benzene ring substituents is 1. The molecule has 1 N–H and O–H groups in total. The molecule has 196 valence electrons. The van der Waals surface area contributed by atoms with Gasteiger partial charge in [0.25, 0.3) is 5.69 Å². The molecule has 2 aromatic rings. The number of nitrogens with one attached hydrogen (secondary N) is 1. The minimum Gasteiger partial charge on any atom is -0.415 e.